The van der Waals surface area contributed by atoms with Crippen molar-refractivity contribution in [3.8, 4) is 34.5 Å². The summed E-state index contributed by atoms with van der Waals surface area (Å²) in [6.45, 7) is -0.468. The Hall–Kier alpha value is -11.6. The highest BCUT2D eigenvalue weighted by Gasteiger charge is 2.48. The van der Waals surface area contributed by atoms with Gasteiger partial charge < -0.3 is 38.7 Å². The topological polar surface area (TPSA) is 43.9 Å². The summed E-state index contributed by atoms with van der Waals surface area (Å²) >= 11 is 0. The van der Waals surface area contributed by atoms with Crippen LogP contribution in [-0.2, 0) is 0 Å². The van der Waals surface area contributed by atoms with Gasteiger partial charge >= 0.3 is 0 Å². The van der Waals surface area contributed by atoms with E-state index in [-0.39, 0.29) is 13.4 Å². The van der Waals surface area contributed by atoms with Gasteiger partial charge in [-0.1, -0.05) is 164 Å². The molecule has 0 atom stereocenters. The average Bonchev–Trinajstić information content (AvgIpc) is 0.734. The van der Waals surface area contributed by atoms with Gasteiger partial charge in [0.05, 0.1) is 28.4 Å². The molecule has 13 aromatic carbocycles. The molecule has 0 aromatic heterocycles. The molecule has 0 bridgehead atoms. The van der Waals surface area contributed by atoms with Crippen LogP contribution in [0, 0.1) is 0 Å². The minimum Gasteiger partial charge on any atom is -0.458 e. The fraction of sp³-hybridized carbons (Fsp3) is 0. The van der Waals surface area contributed by atoms with Gasteiger partial charge in [0.25, 0.3) is 13.4 Å². The van der Waals surface area contributed by atoms with E-state index in [4.69, 9.17) is 14.2 Å². The Morgan fingerprint density at radius 3 is 1.10 bits per heavy atom. The van der Waals surface area contributed by atoms with Gasteiger partial charge in [-0.2, -0.15) is 0 Å². The van der Waals surface area contributed by atoms with Crippen LogP contribution in [-0.4, -0.2) is 13.4 Å². The van der Waals surface area contributed by atoms with Crippen molar-refractivity contribution in [1.29, 1.82) is 0 Å². The van der Waals surface area contributed by atoms with Crippen LogP contribution >= 0.6 is 0 Å². The molecule has 10 heteroatoms. The predicted octanol–water partition coefficient (Wildman–Crippen LogP) is 17.0. The normalized spacial score (nSPS) is 13.2. The molecule has 0 unspecified atom stereocenters. The van der Waals surface area contributed by atoms with Crippen LogP contribution in [0.2, 0.25) is 0 Å². The molecule has 88 heavy (non-hydrogen) atoms. The molecule has 8 nitrogen and oxygen atoms in total. The largest absolute Gasteiger partial charge is 0.458 e. The van der Waals surface area contributed by atoms with Crippen LogP contribution in [0.3, 0.4) is 0 Å². The van der Waals surface area contributed by atoms with Gasteiger partial charge in [-0.15, -0.1) is 0 Å². The zero-order valence-electron chi connectivity index (χ0n) is 47.6. The summed E-state index contributed by atoms with van der Waals surface area (Å²) in [7, 11) is 0. The van der Waals surface area contributed by atoms with Crippen molar-refractivity contribution >= 4 is 132 Å². The minimum absolute atomic E-state index is 0.201. The molecule has 0 aliphatic carbocycles. The number of para-hydroxylation sites is 11. The van der Waals surface area contributed by atoms with Gasteiger partial charge in [0.2, 0.25) is 0 Å². The van der Waals surface area contributed by atoms with Gasteiger partial charge in [-0.3, -0.25) is 0 Å². The Kier molecular flexibility index (Phi) is 11.3. The van der Waals surface area contributed by atoms with Crippen LogP contribution in [0.15, 0.2) is 309 Å². The van der Waals surface area contributed by atoms with Crippen molar-refractivity contribution in [2.24, 2.45) is 0 Å². The van der Waals surface area contributed by atoms with Crippen molar-refractivity contribution in [3.05, 3.63) is 309 Å². The predicted molar refractivity (Wildman–Crippen MR) is 362 cm³/mol. The molecule has 0 amide bonds. The number of hydrogen-bond acceptors (Lipinski definition) is 8. The van der Waals surface area contributed by atoms with Crippen LogP contribution < -0.4 is 71.5 Å². The molecule has 13 aromatic rings. The Bertz CT molecular complexity index is 4760. The van der Waals surface area contributed by atoms with E-state index in [1.54, 1.807) is 0 Å². The van der Waals surface area contributed by atoms with E-state index >= 15 is 0 Å². The molecule has 5 aliphatic rings. The lowest BCUT2D eigenvalue weighted by Crippen LogP contribution is -2.63. The van der Waals surface area contributed by atoms with Gasteiger partial charge in [-0.05, 0) is 154 Å². The molecule has 0 fully saturated rings. The first-order chi connectivity index (χ1) is 43.7. The van der Waals surface area contributed by atoms with E-state index in [1.807, 2.05) is 24.3 Å². The Balaban J connectivity index is 0.898. The maximum absolute atomic E-state index is 7.69. The molecule has 0 spiro atoms. The first-order valence-electron chi connectivity index (χ1n) is 30.0. The second kappa shape index (κ2) is 20.0. The number of nitrogens with zero attached hydrogens (tertiary/aromatic N) is 5. The van der Waals surface area contributed by atoms with Gasteiger partial charge in [-0.25, -0.2) is 0 Å². The summed E-state index contributed by atoms with van der Waals surface area (Å²) in [5.41, 5.74) is 22.0. The number of hydrogen-bond donors (Lipinski definition) is 0. The quantitative estimate of drug-likeness (QED) is 0.133. The molecule has 0 saturated heterocycles. The summed E-state index contributed by atoms with van der Waals surface area (Å²) < 4.78 is 21.8. The average molecular weight is 1130 g/mol. The number of benzene rings is 13. The summed E-state index contributed by atoms with van der Waals surface area (Å²) in [5, 5.41) is 0. The highest BCUT2D eigenvalue weighted by molar-refractivity contribution is 7.02. The molecule has 5 heterocycles. The standard InChI is InChI=1S/C78H51B2N5O3/c1-7-25-52(26-8-1)81(53-27-9-2-10-28-53)59-45-69-77-75(48-59)88-74-51-68-63(50-64(74)79(77)61-37-19-20-38-65(61)83(69)56-33-15-5-16-34-56)80-62-44-43-58(85-66-39-21-23-41-71(66)86-72-42-24-22-40-67(72)85)47-73(62)87-76-49-60(46-70(78(76)80)84(68)57-35-17-6-18-36-57)82(54-29-11-3-12-30-54)55-31-13-4-14-32-55/h1-51H. The third-order valence-corrected chi connectivity index (χ3v) is 17.8. The second-order valence-electron chi connectivity index (χ2n) is 22.8. The second-order valence-corrected chi connectivity index (χ2v) is 22.8. The first kappa shape index (κ1) is 49.8. The van der Waals surface area contributed by atoms with E-state index in [1.165, 1.54) is 5.46 Å². The summed E-state index contributed by atoms with van der Waals surface area (Å²) in [6, 6.07) is 110. The smallest absolute Gasteiger partial charge is 0.256 e. The SMILES string of the molecule is c1ccc(N(c2ccccc2)c2cc3c4c(c2)N(c2ccccc2)c2ccccc2B4c2cc4c(cc2O3)N(c2ccccc2)c2cc(N(c3ccccc3)c3ccccc3)cc3c2B4c2ccc(N4c5ccccc5Oc5ccccc54)cc2O3)cc1. The fourth-order valence-corrected chi connectivity index (χ4v) is 14.2. The molecule has 18 rings (SSSR count). The van der Waals surface area contributed by atoms with Crippen molar-refractivity contribution in [3.63, 3.8) is 0 Å². The molecule has 5 aliphatic heterocycles. The molecule has 0 radical (unpaired) electrons. The van der Waals surface area contributed by atoms with Crippen molar-refractivity contribution < 1.29 is 14.2 Å². The highest BCUT2D eigenvalue weighted by Crippen LogP contribution is 2.53. The molecular weight excluding hydrogens is 1080 g/mol. The zero-order chi connectivity index (χ0) is 57.8. The van der Waals surface area contributed by atoms with Gasteiger partial charge in [0.15, 0.2) is 11.5 Å². The van der Waals surface area contributed by atoms with Gasteiger partial charge in [0, 0.05) is 81.1 Å². The van der Waals surface area contributed by atoms with E-state index < -0.39 is 0 Å². The zero-order valence-corrected chi connectivity index (χ0v) is 47.6. The van der Waals surface area contributed by atoms with Crippen LogP contribution in [0.5, 0.6) is 34.5 Å². The lowest BCUT2D eigenvalue weighted by atomic mass is 9.31. The van der Waals surface area contributed by atoms with E-state index in [0.29, 0.717) is 0 Å². The van der Waals surface area contributed by atoms with Crippen LogP contribution in [0.25, 0.3) is 0 Å². The van der Waals surface area contributed by atoms with Crippen molar-refractivity contribution in [1.82, 2.24) is 0 Å². The third-order valence-electron chi connectivity index (χ3n) is 17.8. The first-order valence-corrected chi connectivity index (χ1v) is 30.0. The van der Waals surface area contributed by atoms with Gasteiger partial charge in [0.1, 0.15) is 23.0 Å². The van der Waals surface area contributed by atoms with E-state index in [0.717, 1.165) is 147 Å². The molecule has 0 N–H and O–H groups in total. The Morgan fingerprint density at radius 1 is 0.216 bits per heavy atom. The number of fused-ring (bicyclic) bond motifs is 10. The summed E-state index contributed by atoms with van der Waals surface area (Å²) in [5.74, 6) is 4.75. The minimum atomic E-state index is -0.267. The van der Waals surface area contributed by atoms with Crippen molar-refractivity contribution in [2.45, 2.75) is 0 Å². The number of ether oxygens (including phenoxy) is 3. The highest BCUT2D eigenvalue weighted by atomic mass is 16.5. The van der Waals surface area contributed by atoms with Crippen LogP contribution in [0.1, 0.15) is 0 Å². The Morgan fingerprint density at radius 2 is 0.602 bits per heavy atom. The molecule has 412 valence electrons. The van der Waals surface area contributed by atoms with E-state index in [9.17, 15) is 0 Å². The Labute approximate surface area is 511 Å². The number of anilines is 15. The number of rotatable bonds is 9. The van der Waals surface area contributed by atoms with E-state index in [2.05, 4.69) is 310 Å². The fourth-order valence-electron chi connectivity index (χ4n) is 14.2. The molecule has 0 saturated carbocycles. The maximum Gasteiger partial charge on any atom is 0.256 e. The lowest BCUT2D eigenvalue weighted by molar-refractivity contribution is 0.476. The summed E-state index contributed by atoms with van der Waals surface area (Å²) in [6.07, 6.45) is 0. The molecular formula is C78H51B2N5O3. The monoisotopic (exact) mass is 1130 g/mol. The lowest BCUT2D eigenvalue weighted by Gasteiger charge is -2.44. The maximum atomic E-state index is 7.69. The third kappa shape index (κ3) is 7.82. The van der Waals surface area contributed by atoms with Crippen molar-refractivity contribution in [2.75, 3.05) is 24.5 Å². The van der Waals surface area contributed by atoms with Crippen LogP contribution in [0.4, 0.5) is 85.3 Å². The summed E-state index contributed by atoms with van der Waals surface area (Å²) in [4.78, 5) is 11.8.